The third-order valence-corrected chi connectivity index (χ3v) is 4.23. The fourth-order valence-electron chi connectivity index (χ4n) is 2.93. The third-order valence-electron chi connectivity index (χ3n) is 4.23. The lowest BCUT2D eigenvalue weighted by Gasteiger charge is -2.21. The molecule has 1 rings (SSSR count). The Bertz CT molecular complexity index is 355. The first kappa shape index (κ1) is 20.1. The summed E-state index contributed by atoms with van der Waals surface area (Å²) in [5, 5.41) is 29.6. The van der Waals surface area contributed by atoms with E-state index in [4.69, 9.17) is 4.74 Å². The van der Waals surface area contributed by atoms with E-state index in [1.807, 2.05) is 0 Å². The van der Waals surface area contributed by atoms with Crippen molar-refractivity contribution < 1.29 is 24.9 Å². The molecule has 0 aliphatic carbocycles. The monoisotopic (exact) mass is 328 g/mol. The van der Waals surface area contributed by atoms with Gasteiger partial charge in [-0.25, -0.2) is 4.79 Å². The van der Waals surface area contributed by atoms with Gasteiger partial charge in [-0.05, 0) is 51.4 Å². The summed E-state index contributed by atoms with van der Waals surface area (Å²) in [4.78, 5) is 11.8. The summed E-state index contributed by atoms with van der Waals surface area (Å²) in [6.45, 7) is 2.13. The summed E-state index contributed by atoms with van der Waals surface area (Å²) in [5.74, 6) is -0.378. The summed E-state index contributed by atoms with van der Waals surface area (Å²) < 4.78 is 5.50. The van der Waals surface area contributed by atoms with Gasteiger partial charge in [0.25, 0.3) is 0 Å². The second-order valence-electron chi connectivity index (χ2n) is 6.56. The molecule has 0 radical (unpaired) electrons. The average molecular weight is 328 g/mol. The molecule has 0 aromatic heterocycles. The Balaban J connectivity index is 2.61. The summed E-state index contributed by atoms with van der Waals surface area (Å²) >= 11 is 0. The van der Waals surface area contributed by atoms with Crippen LogP contribution in [-0.2, 0) is 9.53 Å². The maximum Gasteiger partial charge on any atom is 0.330 e. The second-order valence-corrected chi connectivity index (χ2v) is 6.56. The third kappa shape index (κ3) is 9.74. The summed E-state index contributed by atoms with van der Waals surface area (Å²) in [6.07, 6.45) is 7.76. The predicted molar refractivity (Wildman–Crippen MR) is 88.9 cm³/mol. The van der Waals surface area contributed by atoms with Crippen molar-refractivity contribution in [2.24, 2.45) is 0 Å². The summed E-state index contributed by atoms with van der Waals surface area (Å²) in [6, 6.07) is 0. The fraction of sp³-hybridized carbons (Fsp3) is 0.833. The number of cyclic esters (lactones) is 1. The van der Waals surface area contributed by atoms with Crippen LogP contribution in [0.25, 0.3) is 0 Å². The number of hydrogen-bond donors (Lipinski definition) is 3. The normalized spacial score (nSPS) is 31.4. The maximum atomic E-state index is 11.8. The molecule has 1 aliphatic heterocycles. The predicted octanol–water partition coefficient (Wildman–Crippen LogP) is 2.47. The van der Waals surface area contributed by atoms with E-state index in [0.717, 1.165) is 38.5 Å². The van der Waals surface area contributed by atoms with Crippen LogP contribution in [0.2, 0.25) is 0 Å². The minimum absolute atomic E-state index is 0.122. The molecular weight excluding hydrogens is 296 g/mol. The van der Waals surface area contributed by atoms with Gasteiger partial charge in [0.1, 0.15) is 6.10 Å². The molecule has 0 aromatic carbocycles. The highest BCUT2D eigenvalue weighted by Gasteiger charge is 2.18. The Kier molecular flexibility index (Phi) is 10.2. The Morgan fingerprint density at radius 3 is 2.57 bits per heavy atom. The number of rotatable bonds is 4. The molecule has 0 amide bonds. The van der Waals surface area contributed by atoms with E-state index in [9.17, 15) is 20.1 Å². The molecule has 1 aliphatic rings. The van der Waals surface area contributed by atoms with E-state index < -0.39 is 18.3 Å². The fourth-order valence-corrected chi connectivity index (χ4v) is 2.93. The van der Waals surface area contributed by atoms with Crippen LogP contribution in [0.15, 0.2) is 12.2 Å². The molecule has 23 heavy (non-hydrogen) atoms. The zero-order chi connectivity index (χ0) is 17.1. The van der Waals surface area contributed by atoms with Crippen LogP contribution < -0.4 is 0 Å². The minimum atomic E-state index is -0.719. The smallest absolute Gasteiger partial charge is 0.330 e. The van der Waals surface area contributed by atoms with E-state index >= 15 is 0 Å². The van der Waals surface area contributed by atoms with E-state index in [0.29, 0.717) is 12.8 Å². The second kappa shape index (κ2) is 11.6. The summed E-state index contributed by atoms with van der Waals surface area (Å²) in [7, 11) is 0. The molecule has 3 N–H and O–H groups in total. The van der Waals surface area contributed by atoms with E-state index in [1.54, 1.807) is 6.08 Å². The number of carbonyl (C=O) groups is 1. The molecule has 0 saturated heterocycles. The zero-order valence-electron chi connectivity index (χ0n) is 14.2. The van der Waals surface area contributed by atoms with E-state index in [1.165, 1.54) is 6.08 Å². The van der Waals surface area contributed by atoms with Gasteiger partial charge in [0.15, 0.2) is 0 Å². The highest BCUT2D eigenvalue weighted by atomic mass is 16.5. The lowest BCUT2D eigenvalue weighted by molar-refractivity contribution is -0.143. The number of esters is 1. The maximum absolute atomic E-state index is 11.8. The Morgan fingerprint density at radius 1 is 1.09 bits per heavy atom. The molecule has 0 saturated carbocycles. The molecule has 0 fully saturated rings. The van der Waals surface area contributed by atoms with Crippen LogP contribution in [0.4, 0.5) is 0 Å². The van der Waals surface area contributed by atoms with Crippen LogP contribution in [-0.4, -0.2) is 45.7 Å². The van der Waals surface area contributed by atoms with E-state index in [2.05, 4.69) is 6.92 Å². The van der Waals surface area contributed by atoms with Crippen molar-refractivity contribution in [2.75, 3.05) is 0 Å². The van der Waals surface area contributed by atoms with Gasteiger partial charge in [-0.15, -0.1) is 0 Å². The van der Waals surface area contributed by atoms with Crippen LogP contribution >= 0.6 is 0 Å². The average Bonchev–Trinajstić information content (AvgIpc) is 2.46. The summed E-state index contributed by atoms with van der Waals surface area (Å²) in [5.41, 5.74) is 0. The Labute approximate surface area is 139 Å². The number of aliphatic hydroxyl groups is 3. The van der Waals surface area contributed by atoms with Crippen LogP contribution in [0, 0.1) is 0 Å². The molecule has 4 unspecified atom stereocenters. The Morgan fingerprint density at radius 2 is 1.83 bits per heavy atom. The molecule has 5 heteroatoms. The first-order valence-electron chi connectivity index (χ1n) is 8.92. The van der Waals surface area contributed by atoms with Gasteiger partial charge >= 0.3 is 5.97 Å². The molecule has 0 bridgehead atoms. The topological polar surface area (TPSA) is 87.0 Å². The van der Waals surface area contributed by atoms with Gasteiger partial charge in [0.05, 0.1) is 18.3 Å². The van der Waals surface area contributed by atoms with Gasteiger partial charge in [-0.3, -0.25) is 0 Å². The van der Waals surface area contributed by atoms with Gasteiger partial charge in [0.2, 0.25) is 0 Å². The highest BCUT2D eigenvalue weighted by Crippen LogP contribution is 2.18. The van der Waals surface area contributed by atoms with Crippen LogP contribution in [0.1, 0.15) is 71.1 Å². The lowest BCUT2D eigenvalue weighted by atomic mass is 9.98. The van der Waals surface area contributed by atoms with Crippen LogP contribution in [0.5, 0.6) is 0 Å². The lowest BCUT2D eigenvalue weighted by Crippen LogP contribution is -2.24. The quantitative estimate of drug-likeness (QED) is 0.545. The zero-order valence-corrected chi connectivity index (χ0v) is 14.2. The standard InChI is InChI=1S/C18H32O5/c1-2-3-4-9-17-10-5-7-14(19)12-16(21)13-15(20)8-6-11-18(22)23-17/h6,11,14-17,19-21H,2-5,7-10,12-13H2,1H3. The largest absolute Gasteiger partial charge is 0.459 e. The number of carbonyl (C=O) groups excluding carboxylic acids is 1. The van der Waals surface area contributed by atoms with Gasteiger partial charge in [0, 0.05) is 6.08 Å². The first-order valence-corrected chi connectivity index (χ1v) is 8.92. The number of ether oxygens (including phenoxy) is 1. The van der Waals surface area contributed by atoms with E-state index in [-0.39, 0.29) is 24.9 Å². The molecule has 0 spiro atoms. The number of unbranched alkanes of at least 4 members (excludes halogenated alkanes) is 2. The number of aliphatic hydroxyl groups excluding tert-OH is 3. The number of hydrogen-bond acceptors (Lipinski definition) is 5. The van der Waals surface area contributed by atoms with Crippen molar-refractivity contribution in [2.45, 2.75) is 95.5 Å². The van der Waals surface area contributed by atoms with Crippen molar-refractivity contribution in [3.05, 3.63) is 12.2 Å². The Hall–Kier alpha value is -0.910. The first-order chi connectivity index (χ1) is 11.0. The van der Waals surface area contributed by atoms with Gasteiger partial charge in [-0.2, -0.15) is 0 Å². The molecule has 0 aromatic rings. The van der Waals surface area contributed by atoms with Crippen molar-refractivity contribution >= 4 is 5.97 Å². The van der Waals surface area contributed by atoms with Crippen molar-refractivity contribution in [3.63, 3.8) is 0 Å². The highest BCUT2D eigenvalue weighted by molar-refractivity contribution is 5.82. The van der Waals surface area contributed by atoms with Crippen molar-refractivity contribution in [3.8, 4) is 0 Å². The van der Waals surface area contributed by atoms with Crippen molar-refractivity contribution in [1.82, 2.24) is 0 Å². The van der Waals surface area contributed by atoms with Gasteiger partial charge in [-0.1, -0.05) is 25.8 Å². The van der Waals surface area contributed by atoms with Crippen LogP contribution in [0.3, 0.4) is 0 Å². The minimum Gasteiger partial charge on any atom is -0.459 e. The molecular formula is C18H32O5. The molecule has 134 valence electrons. The van der Waals surface area contributed by atoms with Gasteiger partial charge < -0.3 is 20.1 Å². The molecule has 4 atom stereocenters. The SMILES string of the molecule is CCCCCC1CCCC(O)CC(O)CC(O)CC=CC(=O)O1. The molecule has 5 nitrogen and oxygen atoms in total. The molecule has 1 heterocycles. The van der Waals surface area contributed by atoms with Crippen molar-refractivity contribution in [1.29, 1.82) is 0 Å².